The monoisotopic (exact) mass is 380 g/mol. The molecule has 5 heteroatoms. The van der Waals surface area contributed by atoms with E-state index in [-0.39, 0.29) is 0 Å². The van der Waals surface area contributed by atoms with Gasteiger partial charge in [0.1, 0.15) is 5.82 Å². The largest absolute Gasteiger partial charge is 0.307 e. The van der Waals surface area contributed by atoms with Crippen molar-refractivity contribution < 1.29 is 0 Å². The Morgan fingerprint density at radius 2 is 1.58 bits per heavy atom. The summed E-state index contributed by atoms with van der Waals surface area (Å²) in [7, 11) is 0. The van der Waals surface area contributed by atoms with Crippen molar-refractivity contribution >= 4 is 38.3 Å². The van der Waals surface area contributed by atoms with E-state index in [1.807, 2.05) is 36.4 Å². The SMILES string of the molecule is CC(C)Cn1c(-c2ccc(Br)cc2)nc2nc3ccccc3nc21. The fraction of sp³-hybridized carbons (Fsp3) is 0.211. The first-order chi connectivity index (χ1) is 11.6. The molecule has 2 aromatic heterocycles. The number of hydrogen-bond acceptors (Lipinski definition) is 3. The van der Waals surface area contributed by atoms with Crippen LogP contribution >= 0.6 is 15.9 Å². The fourth-order valence-electron chi connectivity index (χ4n) is 2.86. The van der Waals surface area contributed by atoms with E-state index in [0.717, 1.165) is 39.1 Å². The predicted molar refractivity (Wildman–Crippen MR) is 101 cm³/mol. The third kappa shape index (κ3) is 2.69. The molecule has 0 fully saturated rings. The maximum Gasteiger partial charge on any atom is 0.198 e. The van der Waals surface area contributed by atoms with Crippen LogP contribution in [0, 0.1) is 5.92 Å². The third-order valence-corrected chi connectivity index (χ3v) is 4.44. The van der Waals surface area contributed by atoms with E-state index in [2.05, 4.69) is 46.5 Å². The normalized spacial score (nSPS) is 11.7. The smallest absolute Gasteiger partial charge is 0.198 e. The molecule has 0 bridgehead atoms. The van der Waals surface area contributed by atoms with Crippen LogP contribution in [0.3, 0.4) is 0 Å². The van der Waals surface area contributed by atoms with E-state index in [9.17, 15) is 0 Å². The van der Waals surface area contributed by atoms with Gasteiger partial charge in [0, 0.05) is 16.6 Å². The lowest BCUT2D eigenvalue weighted by Gasteiger charge is -2.11. The zero-order valence-electron chi connectivity index (χ0n) is 13.6. The number of benzene rings is 2. The molecule has 0 atom stereocenters. The molecule has 0 saturated carbocycles. The highest BCUT2D eigenvalue weighted by Crippen LogP contribution is 2.26. The van der Waals surface area contributed by atoms with Crippen molar-refractivity contribution in [2.75, 3.05) is 0 Å². The van der Waals surface area contributed by atoms with E-state index in [1.54, 1.807) is 0 Å². The summed E-state index contributed by atoms with van der Waals surface area (Å²) in [5.41, 5.74) is 4.40. The van der Waals surface area contributed by atoms with Crippen LogP contribution in [-0.4, -0.2) is 19.5 Å². The maximum absolute atomic E-state index is 4.82. The van der Waals surface area contributed by atoms with Crippen molar-refractivity contribution in [3.05, 3.63) is 53.0 Å². The van der Waals surface area contributed by atoms with Crippen LogP contribution in [0.2, 0.25) is 0 Å². The van der Waals surface area contributed by atoms with Gasteiger partial charge in [0.2, 0.25) is 0 Å². The molecule has 0 aliphatic heterocycles. The van der Waals surface area contributed by atoms with Crippen LogP contribution < -0.4 is 0 Å². The Morgan fingerprint density at radius 3 is 2.25 bits per heavy atom. The molecule has 0 saturated heterocycles. The molecular formula is C19H17BrN4. The van der Waals surface area contributed by atoms with Gasteiger partial charge in [0.05, 0.1) is 11.0 Å². The molecule has 0 radical (unpaired) electrons. The minimum atomic E-state index is 0.491. The Morgan fingerprint density at radius 1 is 0.917 bits per heavy atom. The summed E-state index contributed by atoms with van der Waals surface area (Å²) in [6.45, 7) is 5.26. The van der Waals surface area contributed by atoms with Crippen LogP contribution in [0.25, 0.3) is 33.7 Å². The molecule has 120 valence electrons. The van der Waals surface area contributed by atoms with Crippen molar-refractivity contribution in [2.45, 2.75) is 20.4 Å². The van der Waals surface area contributed by atoms with E-state index < -0.39 is 0 Å². The van der Waals surface area contributed by atoms with Crippen molar-refractivity contribution in [1.82, 2.24) is 19.5 Å². The maximum atomic E-state index is 4.82. The molecule has 2 heterocycles. The van der Waals surface area contributed by atoms with E-state index in [1.165, 1.54) is 0 Å². The first kappa shape index (κ1) is 15.3. The van der Waals surface area contributed by atoms with Crippen LogP contribution in [0.4, 0.5) is 0 Å². The average Bonchev–Trinajstić information content (AvgIpc) is 2.90. The predicted octanol–water partition coefficient (Wildman–Crippen LogP) is 5.07. The summed E-state index contributed by atoms with van der Waals surface area (Å²) < 4.78 is 3.24. The molecule has 0 aliphatic rings. The van der Waals surface area contributed by atoms with Gasteiger partial charge in [-0.05, 0) is 30.2 Å². The lowest BCUT2D eigenvalue weighted by Crippen LogP contribution is -2.07. The van der Waals surface area contributed by atoms with E-state index in [0.29, 0.717) is 11.6 Å². The van der Waals surface area contributed by atoms with Crippen molar-refractivity contribution in [3.8, 4) is 11.4 Å². The highest BCUT2D eigenvalue weighted by molar-refractivity contribution is 9.10. The van der Waals surface area contributed by atoms with Crippen LogP contribution in [-0.2, 0) is 6.54 Å². The molecule has 0 aliphatic carbocycles. The number of halogens is 1. The second-order valence-corrected chi connectivity index (χ2v) is 7.22. The molecule has 2 aromatic carbocycles. The Kier molecular flexibility index (Phi) is 3.81. The zero-order valence-corrected chi connectivity index (χ0v) is 15.2. The molecule has 4 rings (SSSR count). The first-order valence-electron chi connectivity index (χ1n) is 8.01. The zero-order chi connectivity index (χ0) is 16.7. The number of rotatable bonds is 3. The quantitative estimate of drug-likeness (QED) is 0.498. The average molecular weight is 381 g/mol. The third-order valence-electron chi connectivity index (χ3n) is 3.91. The molecule has 0 unspecified atom stereocenters. The number of aromatic nitrogens is 4. The Bertz CT molecular complexity index is 1020. The molecule has 4 nitrogen and oxygen atoms in total. The van der Waals surface area contributed by atoms with Gasteiger partial charge in [-0.15, -0.1) is 0 Å². The van der Waals surface area contributed by atoms with Crippen molar-refractivity contribution in [3.63, 3.8) is 0 Å². The van der Waals surface area contributed by atoms with Crippen LogP contribution in [0.5, 0.6) is 0 Å². The van der Waals surface area contributed by atoms with Gasteiger partial charge in [-0.3, -0.25) is 0 Å². The second kappa shape index (κ2) is 5.98. The Balaban J connectivity index is 2.00. The molecule has 0 amide bonds. The van der Waals surface area contributed by atoms with Crippen molar-refractivity contribution in [2.24, 2.45) is 5.92 Å². The number of fused-ring (bicyclic) bond motifs is 2. The Labute approximate surface area is 148 Å². The topological polar surface area (TPSA) is 43.6 Å². The number of para-hydroxylation sites is 2. The van der Waals surface area contributed by atoms with Gasteiger partial charge in [-0.2, -0.15) is 0 Å². The summed E-state index contributed by atoms with van der Waals surface area (Å²) in [6, 6.07) is 16.1. The summed E-state index contributed by atoms with van der Waals surface area (Å²) in [5, 5.41) is 0. The second-order valence-electron chi connectivity index (χ2n) is 6.31. The number of imidazole rings is 1. The van der Waals surface area contributed by atoms with Gasteiger partial charge in [0.15, 0.2) is 11.3 Å². The highest BCUT2D eigenvalue weighted by Gasteiger charge is 2.16. The molecule has 4 aromatic rings. The molecule has 24 heavy (non-hydrogen) atoms. The summed E-state index contributed by atoms with van der Waals surface area (Å²) in [6.07, 6.45) is 0. The van der Waals surface area contributed by atoms with Crippen LogP contribution in [0.15, 0.2) is 53.0 Å². The van der Waals surface area contributed by atoms with Gasteiger partial charge in [-0.1, -0.05) is 54.0 Å². The van der Waals surface area contributed by atoms with Gasteiger partial charge < -0.3 is 4.57 Å². The Hall–Kier alpha value is -2.27. The summed E-state index contributed by atoms with van der Waals surface area (Å²) in [4.78, 5) is 14.3. The van der Waals surface area contributed by atoms with Gasteiger partial charge in [0.25, 0.3) is 0 Å². The van der Waals surface area contributed by atoms with E-state index >= 15 is 0 Å². The standard InChI is InChI=1S/C19H17BrN4/c1-12(2)11-24-18(13-7-9-14(20)10-8-13)23-17-19(24)22-16-6-4-3-5-15(16)21-17/h3-10,12H,11H2,1-2H3. The number of hydrogen-bond donors (Lipinski definition) is 0. The number of nitrogens with zero attached hydrogens (tertiary/aromatic N) is 4. The summed E-state index contributed by atoms with van der Waals surface area (Å²) >= 11 is 3.49. The lowest BCUT2D eigenvalue weighted by atomic mass is 10.2. The van der Waals surface area contributed by atoms with E-state index in [4.69, 9.17) is 15.0 Å². The minimum absolute atomic E-state index is 0.491. The van der Waals surface area contributed by atoms with Crippen LogP contribution in [0.1, 0.15) is 13.8 Å². The summed E-state index contributed by atoms with van der Waals surface area (Å²) in [5.74, 6) is 1.41. The minimum Gasteiger partial charge on any atom is -0.307 e. The van der Waals surface area contributed by atoms with Gasteiger partial charge >= 0.3 is 0 Å². The van der Waals surface area contributed by atoms with Crippen molar-refractivity contribution in [1.29, 1.82) is 0 Å². The first-order valence-corrected chi connectivity index (χ1v) is 8.80. The van der Waals surface area contributed by atoms with Gasteiger partial charge in [-0.25, -0.2) is 15.0 Å². The molecule has 0 N–H and O–H groups in total. The lowest BCUT2D eigenvalue weighted by molar-refractivity contribution is 0.534. The molecule has 0 spiro atoms. The highest BCUT2D eigenvalue weighted by atomic mass is 79.9. The fourth-order valence-corrected chi connectivity index (χ4v) is 3.12. The molecular weight excluding hydrogens is 364 g/mol.